The molecule has 0 radical (unpaired) electrons. The fraction of sp³-hybridized carbons (Fsp3) is 0.346. The van der Waals surface area contributed by atoms with Crippen molar-refractivity contribution in [3.05, 3.63) is 79.7 Å². The molecule has 0 saturated carbocycles. The van der Waals surface area contributed by atoms with Gasteiger partial charge in [-0.1, -0.05) is 30.4 Å². The molecule has 0 fully saturated rings. The second kappa shape index (κ2) is 17.5. The Morgan fingerprint density at radius 2 is 1.55 bits per heavy atom. The number of anilines is 1. The highest BCUT2D eigenvalue weighted by molar-refractivity contribution is 5.94. The average Bonchev–Trinajstić information content (AvgIpc) is 2.70. The number of hydrogen-bond acceptors (Lipinski definition) is 3. The summed E-state index contributed by atoms with van der Waals surface area (Å²) in [6.45, 7) is 27.9. The van der Waals surface area contributed by atoms with Crippen molar-refractivity contribution < 1.29 is 4.79 Å². The molecule has 0 heterocycles. The van der Waals surface area contributed by atoms with Crippen LogP contribution in [0.3, 0.4) is 0 Å². The number of amides is 2. The molecule has 0 aliphatic rings. The standard InChI is InChI=1S/C16H21N3O.C5H9N.C3H6.C2H4/c1-12(2)19(15(20)18(5)6)14-9-7-13(8-10-14)16(3,4)11-17;1-5(2)4-6-3;1-3-2;1-2/h7-10H,1H2,2-6H3;4H,3H2,1-2H3;3H,1H2,2H3;1-2H2. The minimum absolute atomic E-state index is 0.148. The van der Waals surface area contributed by atoms with Crippen LogP contribution in [0.5, 0.6) is 0 Å². The van der Waals surface area contributed by atoms with Crippen LogP contribution in [0.15, 0.2) is 79.1 Å². The first-order chi connectivity index (χ1) is 14.4. The summed E-state index contributed by atoms with van der Waals surface area (Å²) in [4.78, 5) is 18.7. The Balaban J connectivity index is -0.000000595. The molecule has 0 unspecified atom stereocenters. The van der Waals surface area contributed by atoms with Crippen LogP contribution in [0.4, 0.5) is 10.5 Å². The maximum absolute atomic E-state index is 12.2. The van der Waals surface area contributed by atoms with Gasteiger partial charge in [0, 0.05) is 26.0 Å². The van der Waals surface area contributed by atoms with Crippen LogP contribution < -0.4 is 4.90 Å². The van der Waals surface area contributed by atoms with Crippen LogP contribution >= 0.6 is 0 Å². The Labute approximate surface area is 190 Å². The van der Waals surface area contributed by atoms with Gasteiger partial charge in [0.15, 0.2) is 0 Å². The van der Waals surface area contributed by atoms with E-state index < -0.39 is 5.41 Å². The molecule has 2 amide bonds. The van der Waals surface area contributed by atoms with Crippen LogP contribution in [0.2, 0.25) is 0 Å². The Morgan fingerprint density at radius 3 is 1.77 bits per heavy atom. The van der Waals surface area contributed by atoms with E-state index in [9.17, 15) is 4.79 Å². The molecule has 1 aromatic carbocycles. The lowest BCUT2D eigenvalue weighted by atomic mass is 9.86. The zero-order valence-electron chi connectivity index (χ0n) is 20.7. The Kier molecular flexibility index (Phi) is 18.2. The van der Waals surface area contributed by atoms with E-state index >= 15 is 0 Å². The SMILES string of the molecule is C=C.C=C(C)N(C(=O)N(C)C)c1ccc(C(C)(C)C#N)cc1.C=CC.C=NC=C(C)C. The molecular formula is C26H40N4O. The number of aliphatic imine (C=N–C) groups is 1. The lowest BCUT2D eigenvalue weighted by Crippen LogP contribution is -2.37. The van der Waals surface area contributed by atoms with E-state index in [-0.39, 0.29) is 6.03 Å². The summed E-state index contributed by atoms with van der Waals surface area (Å²) in [5.41, 5.74) is 2.95. The molecule has 0 bridgehead atoms. The van der Waals surface area contributed by atoms with E-state index in [1.54, 1.807) is 38.2 Å². The second-order valence-electron chi connectivity index (χ2n) is 7.33. The third kappa shape index (κ3) is 13.5. The van der Waals surface area contributed by atoms with E-state index in [1.165, 1.54) is 10.5 Å². The van der Waals surface area contributed by atoms with Gasteiger partial charge in [0.2, 0.25) is 0 Å². The predicted octanol–water partition coefficient (Wildman–Crippen LogP) is 7.11. The topological polar surface area (TPSA) is 59.7 Å². The number of carbonyl (C=O) groups is 1. The number of rotatable bonds is 4. The zero-order valence-corrected chi connectivity index (χ0v) is 20.7. The minimum atomic E-state index is -0.544. The number of nitriles is 1. The van der Waals surface area contributed by atoms with Gasteiger partial charge in [-0.05, 0) is 66.0 Å². The van der Waals surface area contributed by atoms with Crippen molar-refractivity contribution in [1.29, 1.82) is 5.26 Å². The third-order valence-electron chi connectivity index (χ3n) is 3.43. The van der Waals surface area contributed by atoms with Crippen molar-refractivity contribution in [2.24, 2.45) is 4.99 Å². The van der Waals surface area contributed by atoms with E-state index in [4.69, 9.17) is 5.26 Å². The molecule has 1 rings (SSSR count). The first kappa shape index (κ1) is 32.3. The lowest BCUT2D eigenvalue weighted by molar-refractivity contribution is 0.225. The molecule has 0 atom stereocenters. The Morgan fingerprint density at radius 1 is 1.13 bits per heavy atom. The van der Waals surface area contributed by atoms with Gasteiger partial charge >= 0.3 is 6.03 Å². The summed E-state index contributed by atoms with van der Waals surface area (Å²) in [6, 6.07) is 9.54. The van der Waals surface area contributed by atoms with Gasteiger partial charge in [0.25, 0.3) is 0 Å². The molecule has 0 aromatic heterocycles. The van der Waals surface area contributed by atoms with Gasteiger partial charge in [-0.2, -0.15) is 5.26 Å². The van der Waals surface area contributed by atoms with Gasteiger partial charge in [-0.15, -0.1) is 19.7 Å². The number of nitrogens with zero attached hydrogens (tertiary/aromatic N) is 4. The number of hydrogen-bond donors (Lipinski definition) is 0. The van der Waals surface area contributed by atoms with Gasteiger partial charge in [-0.3, -0.25) is 9.89 Å². The van der Waals surface area contributed by atoms with E-state index in [0.29, 0.717) is 5.70 Å². The van der Waals surface area contributed by atoms with Crippen LogP contribution in [0, 0.1) is 11.3 Å². The fourth-order valence-electron chi connectivity index (χ4n) is 1.97. The Hall–Kier alpha value is -3.39. The van der Waals surface area contributed by atoms with Crippen molar-refractivity contribution in [3.63, 3.8) is 0 Å². The molecule has 0 spiro atoms. The number of carbonyl (C=O) groups excluding carboxylic acids is 1. The molecule has 5 heteroatoms. The molecular weight excluding hydrogens is 384 g/mol. The van der Waals surface area contributed by atoms with Crippen molar-refractivity contribution in [2.75, 3.05) is 19.0 Å². The summed E-state index contributed by atoms with van der Waals surface area (Å²) in [6.07, 6.45) is 3.47. The predicted molar refractivity (Wildman–Crippen MR) is 138 cm³/mol. The average molecular weight is 425 g/mol. The van der Waals surface area contributed by atoms with E-state index in [0.717, 1.165) is 11.3 Å². The molecule has 0 saturated heterocycles. The summed E-state index contributed by atoms with van der Waals surface area (Å²) in [5, 5.41) is 9.14. The van der Waals surface area contributed by atoms with Crippen LogP contribution in [-0.2, 0) is 5.41 Å². The number of benzene rings is 1. The minimum Gasteiger partial charge on any atom is -0.330 e. The highest BCUT2D eigenvalue weighted by Gasteiger charge is 2.22. The number of allylic oxidation sites excluding steroid dienone is 3. The molecule has 170 valence electrons. The van der Waals surface area contributed by atoms with Crippen LogP contribution in [0.1, 0.15) is 47.1 Å². The highest BCUT2D eigenvalue weighted by Crippen LogP contribution is 2.26. The maximum Gasteiger partial charge on any atom is 0.328 e. The summed E-state index contributed by atoms with van der Waals surface area (Å²) >= 11 is 0. The maximum atomic E-state index is 12.2. The van der Waals surface area contributed by atoms with Crippen molar-refractivity contribution in [2.45, 2.75) is 47.0 Å². The van der Waals surface area contributed by atoms with Gasteiger partial charge in [0.05, 0.1) is 17.2 Å². The molecule has 0 aliphatic heterocycles. The molecule has 0 N–H and O–H groups in total. The van der Waals surface area contributed by atoms with Gasteiger partial charge in [-0.25, -0.2) is 4.79 Å². The third-order valence-corrected chi connectivity index (χ3v) is 3.43. The first-order valence-electron chi connectivity index (χ1n) is 9.74. The quantitative estimate of drug-likeness (QED) is 0.382. The largest absolute Gasteiger partial charge is 0.330 e. The second-order valence-corrected chi connectivity index (χ2v) is 7.33. The monoisotopic (exact) mass is 424 g/mol. The Bertz CT molecular complexity index is 762. The zero-order chi connectivity index (χ0) is 25.2. The lowest BCUT2D eigenvalue weighted by Gasteiger charge is -2.27. The fourth-order valence-corrected chi connectivity index (χ4v) is 1.97. The van der Waals surface area contributed by atoms with Crippen molar-refractivity contribution in [1.82, 2.24) is 4.90 Å². The number of urea groups is 1. The van der Waals surface area contributed by atoms with Gasteiger partial charge in [0.1, 0.15) is 0 Å². The smallest absolute Gasteiger partial charge is 0.328 e. The molecule has 1 aromatic rings. The summed E-state index contributed by atoms with van der Waals surface area (Å²) in [5.74, 6) is 0. The molecule has 5 nitrogen and oxygen atoms in total. The van der Waals surface area contributed by atoms with Crippen molar-refractivity contribution >= 4 is 18.4 Å². The normalized spacial score (nSPS) is 8.74. The molecule has 0 aliphatic carbocycles. The highest BCUT2D eigenvalue weighted by atomic mass is 16.2. The first-order valence-corrected chi connectivity index (χ1v) is 9.74. The van der Waals surface area contributed by atoms with E-state index in [2.05, 4.69) is 44.1 Å². The summed E-state index contributed by atoms with van der Waals surface area (Å²) < 4.78 is 0. The van der Waals surface area contributed by atoms with Crippen LogP contribution in [-0.4, -0.2) is 31.7 Å². The molecule has 31 heavy (non-hydrogen) atoms. The van der Waals surface area contributed by atoms with Crippen LogP contribution in [0.25, 0.3) is 0 Å². The summed E-state index contributed by atoms with van der Waals surface area (Å²) in [7, 11) is 3.40. The van der Waals surface area contributed by atoms with Gasteiger partial charge < -0.3 is 4.90 Å². The van der Waals surface area contributed by atoms with Crippen molar-refractivity contribution in [3.8, 4) is 6.07 Å². The van der Waals surface area contributed by atoms with E-state index in [1.807, 2.05) is 58.9 Å².